The first-order valence-corrected chi connectivity index (χ1v) is 3.67. The van der Waals surface area contributed by atoms with Gasteiger partial charge < -0.3 is 15.2 Å². The second kappa shape index (κ2) is 6.12. The van der Waals surface area contributed by atoms with E-state index in [1.807, 2.05) is 6.92 Å². The topological polar surface area (TPSA) is 61.6 Å². The Labute approximate surface area is 66.7 Å². The largest absolute Gasteiger partial charge is 0.379 e. The van der Waals surface area contributed by atoms with Crippen LogP contribution in [0.4, 0.5) is 0 Å². The third kappa shape index (κ3) is 5.82. The molecule has 4 nitrogen and oxygen atoms in total. The van der Waals surface area contributed by atoms with Crippen molar-refractivity contribution in [2.24, 2.45) is 5.73 Å². The normalized spacial score (nSPS) is 12.9. The molecule has 0 aromatic carbocycles. The fourth-order valence-corrected chi connectivity index (χ4v) is 0.510. The Morgan fingerprint density at radius 3 is 2.64 bits per heavy atom. The molecule has 0 aromatic rings. The molecule has 0 saturated heterocycles. The van der Waals surface area contributed by atoms with Gasteiger partial charge in [0.15, 0.2) is 0 Å². The maximum atomic E-state index is 10.4. The van der Waals surface area contributed by atoms with Gasteiger partial charge >= 0.3 is 0 Å². The summed E-state index contributed by atoms with van der Waals surface area (Å²) >= 11 is 0. The molecule has 0 rings (SSSR count). The monoisotopic (exact) mass is 161 g/mol. The third-order valence-electron chi connectivity index (χ3n) is 1.20. The smallest absolute Gasteiger partial charge is 0.246 e. The quantitative estimate of drug-likeness (QED) is 0.554. The van der Waals surface area contributed by atoms with E-state index in [1.54, 1.807) is 6.92 Å². The van der Waals surface area contributed by atoms with Crippen molar-refractivity contribution in [1.29, 1.82) is 0 Å². The van der Waals surface area contributed by atoms with Crippen LogP contribution in [0.1, 0.15) is 13.8 Å². The summed E-state index contributed by atoms with van der Waals surface area (Å²) in [6.07, 6.45) is -0.518. The van der Waals surface area contributed by atoms with Crippen LogP contribution in [0.5, 0.6) is 0 Å². The lowest BCUT2D eigenvalue weighted by Gasteiger charge is -2.08. The first-order valence-electron chi connectivity index (χ1n) is 3.67. The Hall–Kier alpha value is -0.610. The number of ether oxygens (including phenoxy) is 2. The van der Waals surface area contributed by atoms with Crippen molar-refractivity contribution in [3.63, 3.8) is 0 Å². The highest BCUT2D eigenvalue weighted by molar-refractivity contribution is 5.78. The van der Waals surface area contributed by atoms with Crippen molar-refractivity contribution in [3.05, 3.63) is 0 Å². The maximum Gasteiger partial charge on any atom is 0.246 e. The predicted molar refractivity (Wildman–Crippen MR) is 41.1 cm³/mol. The number of nitrogens with two attached hydrogens (primary N) is 1. The van der Waals surface area contributed by atoms with Gasteiger partial charge in [-0.05, 0) is 13.8 Å². The molecule has 0 aliphatic rings. The van der Waals surface area contributed by atoms with E-state index in [4.69, 9.17) is 15.2 Å². The van der Waals surface area contributed by atoms with Gasteiger partial charge in [0.05, 0.1) is 13.2 Å². The van der Waals surface area contributed by atoms with Gasteiger partial charge in [0.1, 0.15) is 6.10 Å². The molecule has 0 heterocycles. The second-order valence-corrected chi connectivity index (χ2v) is 2.11. The van der Waals surface area contributed by atoms with E-state index >= 15 is 0 Å². The Morgan fingerprint density at radius 1 is 1.55 bits per heavy atom. The van der Waals surface area contributed by atoms with Crippen LogP contribution in [0.15, 0.2) is 0 Å². The summed E-state index contributed by atoms with van der Waals surface area (Å²) in [5, 5.41) is 0. The van der Waals surface area contributed by atoms with Gasteiger partial charge in [0.25, 0.3) is 0 Å². The molecule has 1 atom stereocenters. The van der Waals surface area contributed by atoms with Gasteiger partial charge in [0, 0.05) is 6.61 Å². The highest BCUT2D eigenvalue weighted by Gasteiger charge is 2.06. The molecule has 0 bridgehead atoms. The summed E-state index contributed by atoms with van der Waals surface area (Å²) in [5.74, 6) is -0.443. The number of hydrogen-bond donors (Lipinski definition) is 1. The van der Waals surface area contributed by atoms with Crippen molar-refractivity contribution in [1.82, 2.24) is 0 Å². The molecule has 4 heteroatoms. The summed E-state index contributed by atoms with van der Waals surface area (Å²) in [4.78, 5) is 10.4. The number of carbonyl (C=O) groups excluding carboxylic acids is 1. The van der Waals surface area contributed by atoms with Crippen LogP contribution < -0.4 is 5.73 Å². The first kappa shape index (κ1) is 10.4. The summed E-state index contributed by atoms with van der Waals surface area (Å²) in [6, 6.07) is 0. The molecule has 1 unspecified atom stereocenters. The molecule has 0 radical (unpaired) electrons. The van der Waals surface area contributed by atoms with Gasteiger partial charge in [-0.3, -0.25) is 4.79 Å². The molecular formula is C7H15NO3. The average Bonchev–Trinajstić information content (AvgIpc) is 1.97. The molecule has 66 valence electrons. The fraction of sp³-hybridized carbons (Fsp3) is 0.857. The second-order valence-electron chi connectivity index (χ2n) is 2.11. The van der Waals surface area contributed by atoms with Crippen LogP contribution in [0.2, 0.25) is 0 Å². The van der Waals surface area contributed by atoms with Gasteiger partial charge in [-0.2, -0.15) is 0 Å². The number of primary amides is 1. The van der Waals surface area contributed by atoms with Crippen molar-refractivity contribution >= 4 is 5.91 Å². The van der Waals surface area contributed by atoms with Gasteiger partial charge in [-0.15, -0.1) is 0 Å². The SMILES string of the molecule is CCOCCOC(C)C(N)=O. The Balaban J connectivity index is 3.17. The van der Waals surface area contributed by atoms with E-state index in [-0.39, 0.29) is 0 Å². The lowest BCUT2D eigenvalue weighted by atomic mass is 10.4. The van der Waals surface area contributed by atoms with E-state index in [1.165, 1.54) is 0 Å². The molecule has 0 aliphatic carbocycles. The predicted octanol–water partition coefficient (Wildman–Crippen LogP) is -0.0867. The fourth-order valence-electron chi connectivity index (χ4n) is 0.510. The van der Waals surface area contributed by atoms with Gasteiger partial charge in [-0.1, -0.05) is 0 Å². The summed E-state index contributed by atoms with van der Waals surface area (Å²) in [5.41, 5.74) is 4.95. The van der Waals surface area contributed by atoms with Gasteiger partial charge in [-0.25, -0.2) is 0 Å². The number of rotatable bonds is 6. The maximum absolute atomic E-state index is 10.4. The highest BCUT2D eigenvalue weighted by Crippen LogP contribution is 1.88. The molecular weight excluding hydrogens is 146 g/mol. The molecule has 0 fully saturated rings. The lowest BCUT2D eigenvalue weighted by Crippen LogP contribution is -2.29. The van der Waals surface area contributed by atoms with Crippen LogP contribution in [-0.4, -0.2) is 31.8 Å². The van der Waals surface area contributed by atoms with Crippen LogP contribution in [0, 0.1) is 0 Å². The van der Waals surface area contributed by atoms with Crippen molar-refractivity contribution in [3.8, 4) is 0 Å². The zero-order valence-electron chi connectivity index (χ0n) is 7.00. The summed E-state index contributed by atoms with van der Waals surface area (Å²) in [7, 11) is 0. The van der Waals surface area contributed by atoms with Crippen molar-refractivity contribution in [2.45, 2.75) is 20.0 Å². The molecule has 0 aromatic heterocycles. The van der Waals surface area contributed by atoms with Crippen LogP contribution in [-0.2, 0) is 14.3 Å². The number of carbonyl (C=O) groups is 1. The molecule has 0 spiro atoms. The summed E-state index contributed by atoms with van der Waals surface area (Å²) in [6.45, 7) is 5.10. The van der Waals surface area contributed by atoms with E-state index in [9.17, 15) is 4.79 Å². The standard InChI is InChI=1S/C7H15NO3/c1-3-10-4-5-11-6(2)7(8)9/h6H,3-5H2,1-2H3,(H2,8,9). The zero-order chi connectivity index (χ0) is 8.69. The van der Waals surface area contributed by atoms with Crippen molar-refractivity contribution in [2.75, 3.05) is 19.8 Å². The van der Waals surface area contributed by atoms with Gasteiger partial charge in [0.2, 0.25) is 5.91 Å². The average molecular weight is 161 g/mol. The number of amides is 1. The lowest BCUT2D eigenvalue weighted by molar-refractivity contribution is -0.129. The van der Waals surface area contributed by atoms with E-state index in [0.29, 0.717) is 19.8 Å². The first-order chi connectivity index (χ1) is 5.18. The Morgan fingerprint density at radius 2 is 2.18 bits per heavy atom. The van der Waals surface area contributed by atoms with Crippen molar-refractivity contribution < 1.29 is 14.3 Å². The molecule has 1 amide bonds. The van der Waals surface area contributed by atoms with E-state index in [0.717, 1.165) is 0 Å². The highest BCUT2D eigenvalue weighted by atomic mass is 16.5. The van der Waals surface area contributed by atoms with E-state index < -0.39 is 12.0 Å². The van der Waals surface area contributed by atoms with Crippen LogP contribution in [0.3, 0.4) is 0 Å². The molecule has 0 aliphatic heterocycles. The molecule has 0 saturated carbocycles. The molecule has 11 heavy (non-hydrogen) atoms. The molecule has 2 N–H and O–H groups in total. The minimum Gasteiger partial charge on any atom is -0.379 e. The van der Waals surface area contributed by atoms with Crippen LogP contribution in [0.25, 0.3) is 0 Å². The van der Waals surface area contributed by atoms with E-state index in [2.05, 4.69) is 0 Å². The zero-order valence-corrected chi connectivity index (χ0v) is 7.00. The minimum atomic E-state index is -0.518. The third-order valence-corrected chi connectivity index (χ3v) is 1.20. The minimum absolute atomic E-state index is 0.415. The Bertz CT molecular complexity index is 116. The Kier molecular flexibility index (Phi) is 5.78. The number of hydrogen-bond acceptors (Lipinski definition) is 3. The van der Waals surface area contributed by atoms with Crippen LogP contribution >= 0.6 is 0 Å². The summed E-state index contributed by atoms with van der Waals surface area (Å²) < 4.78 is 9.99.